The fraction of sp³-hybridized carbons (Fsp3) is 0.227. The van der Waals surface area contributed by atoms with E-state index in [4.69, 9.17) is 5.73 Å². The van der Waals surface area contributed by atoms with Crippen LogP contribution in [0.25, 0.3) is 11.1 Å². The highest BCUT2D eigenvalue weighted by Gasteiger charge is 2.22. The third-order valence-electron chi connectivity index (χ3n) is 5.18. The molecule has 0 saturated carbocycles. The highest BCUT2D eigenvalue weighted by molar-refractivity contribution is 5.95. The summed E-state index contributed by atoms with van der Waals surface area (Å²) in [4.78, 5) is 30.5. The second-order valence-electron chi connectivity index (χ2n) is 7.04. The number of aromatic nitrogens is 2. The summed E-state index contributed by atoms with van der Waals surface area (Å²) in [6, 6.07) is 15.9. The molecule has 1 aliphatic heterocycles. The van der Waals surface area contributed by atoms with Crippen molar-refractivity contribution in [3.63, 3.8) is 0 Å². The number of hydrogen-bond donors (Lipinski definition) is 1. The van der Waals surface area contributed by atoms with E-state index in [1.807, 2.05) is 45.9 Å². The number of nitrogens with two attached hydrogens (primary N) is 1. The van der Waals surface area contributed by atoms with Crippen LogP contribution in [0.15, 0.2) is 54.7 Å². The highest BCUT2D eigenvalue weighted by atomic mass is 16.2. The van der Waals surface area contributed by atoms with Gasteiger partial charge in [0.05, 0.1) is 0 Å². The number of aryl methyl sites for hydroxylation is 1. The van der Waals surface area contributed by atoms with E-state index in [-0.39, 0.29) is 11.6 Å². The minimum atomic E-state index is -0.526. The molecule has 0 aliphatic carbocycles. The Balaban J connectivity index is 1.54. The summed E-state index contributed by atoms with van der Waals surface area (Å²) in [5.41, 5.74) is 9.62. The number of carbonyl (C=O) groups is 2. The quantitative estimate of drug-likeness (QED) is 0.765. The molecule has 0 saturated heterocycles. The summed E-state index contributed by atoms with van der Waals surface area (Å²) in [5.74, 6) is 0.274. The summed E-state index contributed by atoms with van der Waals surface area (Å²) < 4.78 is 1.91. The number of primary amides is 1. The fourth-order valence-electron chi connectivity index (χ4n) is 3.64. The van der Waals surface area contributed by atoms with Crippen molar-refractivity contribution >= 4 is 11.8 Å². The van der Waals surface area contributed by atoms with Crippen LogP contribution in [0, 0.1) is 6.92 Å². The molecular formula is C22H22N4O2. The fourth-order valence-corrected chi connectivity index (χ4v) is 3.64. The maximum atomic E-state index is 13.1. The van der Waals surface area contributed by atoms with Crippen LogP contribution in [0.5, 0.6) is 0 Å². The molecule has 3 aromatic rings. The van der Waals surface area contributed by atoms with E-state index >= 15 is 0 Å². The minimum absolute atomic E-state index is 0.0105. The Labute approximate surface area is 163 Å². The summed E-state index contributed by atoms with van der Waals surface area (Å²) in [6.45, 7) is 3.79. The smallest absolute Gasteiger partial charge is 0.268 e. The topological polar surface area (TPSA) is 81.2 Å². The van der Waals surface area contributed by atoms with E-state index < -0.39 is 5.91 Å². The Morgan fingerprint density at radius 1 is 1.04 bits per heavy atom. The van der Waals surface area contributed by atoms with Gasteiger partial charge in [-0.05, 0) is 35.7 Å². The number of rotatable bonds is 3. The average molecular weight is 374 g/mol. The van der Waals surface area contributed by atoms with Crippen molar-refractivity contribution in [2.75, 3.05) is 13.1 Å². The van der Waals surface area contributed by atoms with Gasteiger partial charge in [-0.15, -0.1) is 0 Å². The lowest BCUT2D eigenvalue weighted by Gasteiger charge is -2.20. The zero-order chi connectivity index (χ0) is 19.7. The van der Waals surface area contributed by atoms with Crippen LogP contribution >= 0.6 is 0 Å². The summed E-state index contributed by atoms with van der Waals surface area (Å²) in [5, 5.41) is 0. The van der Waals surface area contributed by atoms with Gasteiger partial charge < -0.3 is 15.2 Å². The number of amides is 2. The first-order chi connectivity index (χ1) is 13.5. The summed E-state index contributed by atoms with van der Waals surface area (Å²) >= 11 is 0. The van der Waals surface area contributed by atoms with Gasteiger partial charge in [0.1, 0.15) is 11.5 Å². The Hall–Kier alpha value is -3.41. The van der Waals surface area contributed by atoms with Crippen molar-refractivity contribution in [2.45, 2.75) is 19.9 Å². The van der Waals surface area contributed by atoms with Gasteiger partial charge in [-0.25, -0.2) is 4.98 Å². The van der Waals surface area contributed by atoms with Crippen LogP contribution in [-0.4, -0.2) is 39.4 Å². The van der Waals surface area contributed by atoms with Gasteiger partial charge in [0.2, 0.25) is 0 Å². The van der Waals surface area contributed by atoms with Crippen LogP contribution in [0.4, 0.5) is 0 Å². The van der Waals surface area contributed by atoms with Crippen LogP contribution in [0.3, 0.4) is 0 Å². The largest absolute Gasteiger partial charge is 0.364 e. The van der Waals surface area contributed by atoms with Gasteiger partial charge >= 0.3 is 0 Å². The molecule has 6 heteroatoms. The van der Waals surface area contributed by atoms with E-state index in [9.17, 15) is 9.59 Å². The van der Waals surface area contributed by atoms with Crippen molar-refractivity contribution in [1.82, 2.24) is 14.5 Å². The molecule has 2 heterocycles. The predicted octanol–water partition coefficient (Wildman–Crippen LogP) is 2.66. The van der Waals surface area contributed by atoms with Crippen LogP contribution in [0.2, 0.25) is 0 Å². The second-order valence-corrected chi connectivity index (χ2v) is 7.04. The lowest BCUT2D eigenvalue weighted by atomic mass is 9.98. The molecule has 0 spiro atoms. The van der Waals surface area contributed by atoms with Gasteiger partial charge in [-0.3, -0.25) is 9.59 Å². The standard InChI is InChI=1S/C22H22N4O2/c1-15-5-2-3-8-18(15)16-6-4-7-17(13-16)22(28)25-10-9-20-24-19(21(23)27)14-26(20)12-11-25/h2-8,13-14H,9-12H2,1H3,(H2,23,27). The van der Waals surface area contributed by atoms with Crippen LogP contribution in [-0.2, 0) is 13.0 Å². The Kier molecular flexibility index (Phi) is 4.69. The molecule has 6 nitrogen and oxygen atoms in total. The van der Waals surface area contributed by atoms with E-state index in [2.05, 4.69) is 24.0 Å². The Morgan fingerprint density at radius 2 is 1.86 bits per heavy atom. The maximum absolute atomic E-state index is 13.1. The Bertz CT molecular complexity index is 1030. The molecule has 2 aromatic carbocycles. The zero-order valence-corrected chi connectivity index (χ0v) is 15.8. The second kappa shape index (κ2) is 7.31. The van der Waals surface area contributed by atoms with E-state index in [1.165, 1.54) is 5.56 Å². The number of fused-ring (bicyclic) bond motifs is 1. The van der Waals surface area contributed by atoms with E-state index in [1.54, 1.807) is 6.20 Å². The number of carbonyl (C=O) groups excluding carboxylic acids is 2. The van der Waals surface area contributed by atoms with Crippen molar-refractivity contribution in [3.05, 3.63) is 77.4 Å². The molecule has 1 aromatic heterocycles. The lowest BCUT2D eigenvalue weighted by Crippen LogP contribution is -2.33. The normalized spacial score (nSPS) is 13.7. The number of imidazole rings is 1. The SMILES string of the molecule is Cc1ccccc1-c1cccc(C(=O)N2CCc3nc(C(N)=O)cn3CC2)c1. The number of nitrogens with zero attached hydrogens (tertiary/aromatic N) is 3. The first kappa shape index (κ1) is 18.0. The molecule has 0 radical (unpaired) electrons. The van der Waals surface area contributed by atoms with Crippen molar-refractivity contribution in [3.8, 4) is 11.1 Å². The average Bonchev–Trinajstić information content (AvgIpc) is 3.02. The summed E-state index contributed by atoms with van der Waals surface area (Å²) in [7, 11) is 0. The molecule has 28 heavy (non-hydrogen) atoms. The minimum Gasteiger partial charge on any atom is -0.364 e. The summed E-state index contributed by atoms with van der Waals surface area (Å²) in [6.07, 6.45) is 2.26. The van der Waals surface area contributed by atoms with Crippen molar-refractivity contribution in [1.29, 1.82) is 0 Å². The van der Waals surface area contributed by atoms with Gasteiger partial charge in [0, 0.05) is 37.8 Å². The Morgan fingerprint density at radius 3 is 2.64 bits per heavy atom. The molecule has 2 amide bonds. The molecule has 142 valence electrons. The van der Waals surface area contributed by atoms with Gasteiger partial charge in [-0.1, -0.05) is 36.4 Å². The van der Waals surface area contributed by atoms with E-state index in [0.717, 1.165) is 17.0 Å². The third kappa shape index (κ3) is 3.41. The monoisotopic (exact) mass is 374 g/mol. The predicted molar refractivity (Wildman–Crippen MR) is 107 cm³/mol. The molecule has 0 unspecified atom stereocenters. The van der Waals surface area contributed by atoms with Gasteiger partial charge in [0.15, 0.2) is 0 Å². The maximum Gasteiger partial charge on any atom is 0.268 e. The first-order valence-electron chi connectivity index (χ1n) is 9.34. The van der Waals surface area contributed by atoms with Crippen molar-refractivity contribution < 1.29 is 9.59 Å². The number of hydrogen-bond acceptors (Lipinski definition) is 3. The van der Waals surface area contributed by atoms with Gasteiger partial charge in [-0.2, -0.15) is 0 Å². The molecule has 0 atom stereocenters. The zero-order valence-electron chi connectivity index (χ0n) is 15.8. The van der Waals surface area contributed by atoms with Crippen LogP contribution < -0.4 is 5.73 Å². The molecular weight excluding hydrogens is 352 g/mol. The molecule has 1 aliphatic rings. The lowest BCUT2D eigenvalue weighted by molar-refractivity contribution is 0.0758. The number of benzene rings is 2. The van der Waals surface area contributed by atoms with Gasteiger partial charge in [0.25, 0.3) is 11.8 Å². The van der Waals surface area contributed by atoms with Crippen LogP contribution in [0.1, 0.15) is 32.2 Å². The third-order valence-corrected chi connectivity index (χ3v) is 5.18. The highest BCUT2D eigenvalue weighted by Crippen LogP contribution is 2.24. The van der Waals surface area contributed by atoms with E-state index in [0.29, 0.717) is 31.6 Å². The molecule has 0 fully saturated rings. The molecule has 2 N–H and O–H groups in total. The van der Waals surface area contributed by atoms with Crippen molar-refractivity contribution in [2.24, 2.45) is 5.73 Å². The molecule has 4 rings (SSSR count). The molecule has 0 bridgehead atoms. The first-order valence-corrected chi connectivity index (χ1v) is 9.34.